The van der Waals surface area contributed by atoms with Gasteiger partial charge >= 0.3 is 0 Å². The number of rotatable bonds is 2. The van der Waals surface area contributed by atoms with Gasteiger partial charge in [-0.1, -0.05) is 6.07 Å². The molecule has 0 atom stereocenters. The van der Waals surface area contributed by atoms with Gasteiger partial charge in [-0.25, -0.2) is 0 Å². The normalized spacial score (nSPS) is 10.2. The lowest BCUT2D eigenvalue weighted by Gasteiger charge is -2.02. The number of benzene rings is 1. The molecule has 5 heteroatoms. The summed E-state index contributed by atoms with van der Waals surface area (Å²) in [5, 5.41) is 14.7. The average molecular weight is 284 g/mol. The van der Waals surface area contributed by atoms with Crippen LogP contribution in [0.2, 0.25) is 0 Å². The number of thiophene rings is 1. The molecule has 0 fully saturated rings. The highest BCUT2D eigenvalue weighted by atomic mass is 79.9. The summed E-state index contributed by atoms with van der Waals surface area (Å²) in [6.07, 6.45) is 0. The number of nitro groups is 1. The maximum Gasteiger partial charge on any atom is 0.278 e. The Balaban J connectivity index is 2.68. The van der Waals surface area contributed by atoms with Crippen LogP contribution in [0.3, 0.4) is 0 Å². The summed E-state index contributed by atoms with van der Waals surface area (Å²) in [7, 11) is 0. The quantitative estimate of drug-likeness (QED) is 0.616. The van der Waals surface area contributed by atoms with Crippen LogP contribution in [0.25, 0.3) is 11.1 Å². The third-order valence-corrected chi connectivity index (χ3v) is 3.34. The molecule has 0 amide bonds. The van der Waals surface area contributed by atoms with Gasteiger partial charge in [-0.3, -0.25) is 10.1 Å². The zero-order valence-electron chi connectivity index (χ0n) is 7.51. The third-order valence-electron chi connectivity index (χ3n) is 2.00. The lowest BCUT2D eigenvalue weighted by Crippen LogP contribution is -1.91. The Morgan fingerprint density at radius 1 is 1.33 bits per heavy atom. The van der Waals surface area contributed by atoms with E-state index in [1.165, 1.54) is 17.4 Å². The van der Waals surface area contributed by atoms with Crippen molar-refractivity contribution in [3.63, 3.8) is 0 Å². The number of nitro benzene ring substituents is 1. The summed E-state index contributed by atoms with van der Waals surface area (Å²) < 4.78 is 0.745. The highest BCUT2D eigenvalue weighted by molar-refractivity contribution is 9.10. The molecule has 0 aliphatic rings. The van der Waals surface area contributed by atoms with E-state index < -0.39 is 0 Å². The summed E-state index contributed by atoms with van der Waals surface area (Å²) in [4.78, 5) is 10.5. The molecule has 0 bridgehead atoms. The lowest BCUT2D eigenvalue weighted by molar-refractivity contribution is -0.384. The summed E-state index contributed by atoms with van der Waals surface area (Å²) in [5.41, 5.74) is 1.64. The summed E-state index contributed by atoms with van der Waals surface area (Å²) >= 11 is 4.86. The molecule has 2 rings (SSSR count). The van der Waals surface area contributed by atoms with Crippen LogP contribution in [-0.2, 0) is 0 Å². The maximum atomic E-state index is 10.9. The molecule has 1 heterocycles. The van der Waals surface area contributed by atoms with Gasteiger partial charge in [-0.2, -0.15) is 11.3 Å². The van der Waals surface area contributed by atoms with Gasteiger partial charge in [0, 0.05) is 16.1 Å². The summed E-state index contributed by atoms with van der Waals surface area (Å²) in [6.45, 7) is 0. The van der Waals surface area contributed by atoms with Crippen LogP contribution < -0.4 is 0 Å². The molecule has 0 aliphatic heterocycles. The van der Waals surface area contributed by atoms with Crippen LogP contribution in [0.4, 0.5) is 5.69 Å². The summed E-state index contributed by atoms with van der Waals surface area (Å²) in [6, 6.07) is 6.85. The maximum absolute atomic E-state index is 10.9. The Kier molecular flexibility index (Phi) is 2.83. The Morgan fingerprint density at radius 2 is 2.13 bits per heavy atom. The highest BCUT2D eigenvalue weighted by Crippen LogP contribution is 2.37. The lowest BCUT2D eigenvalue weighted by atomic mass is 10.1. The minimum Gasteiger partial charge on any atom is -0.258 e. The molecule has 0 unspecified atom stereocenters. The summed E-state index contributed by atoms with van der Waals surface area (Å²) in [5.74, 6) is 0. The van der Waals surface area contributed by atoms with Crippen molar-refractivity contribution in [2.45, 2.75) is 0 Å². The molecular weight excluding hydrogens is 278 g/mol. The van der Waals surface area contributed by atoms with Gasteiger partial charge in [0.25, 0.3) is 5.69 Å². The molecule has 15 heavy (non-hydrogen) atoms. The van der Waals surface area contributed by atoms with Crippen LogP contribution in [0.15, 0.2) is 39.5 Å². The molecule has 0 aliphatic carbocycles. The average Bonchev–Trinajstić information content (AvgIpc) is 2.70. The molecule has 0 saturated carbocycles. The van der Waals surface area contributed by atoms with Crippen LogP contribution in [0.1, 0.15) is 0 Å². The van der Waals surface area contributed by atoms with E-state index in [-0.39, 0.29) is 10.6 Å². The van der Waals surface area contributed by atoms with Crippen LogP contribution >= 0.6 is 27.3 Å². The predicted molar refractivity (Wildman–Crippen MR) is 64.1 cm³/mol. The fourth-order valence-corrected chi connectivity index (χ4v) is 2.59. The SMILES string of the molecule is O=[N+]([O-])c1cccc(Br)c1-c1ccsc1. The van der Waals surface area contributed by atoms with Gasteiger partial charge in [-0.15, -0.1) is 0 Å². The zero-order valence-corrected chi connectivity index (χ0v) is 9.92. The third kappa shape index (κ3) is 1.93. The monoisotopic (exact) mass is 283 g/mol. The number of nitrogens with zero attached hydrogens (tertiary/aromatic N) is 1. The fourth-order valence-electron chi connectivity index (χ4n) is 1.36. The van der Waals surface area contributed by atoms with E-state index in [1.807, 2.05) is 16.8 Å². The molecule has 1 aromatic heterocycles. The van der Waals surface area contributed by atoms with Crippen molar-refractivity contribution in [1.29, 1.82) is 0 Å². The molecule has 2 aromatic rings. The van der Waals surface area contributed by atoms with E-state index >= 15 is 0 Å². The van der Waals surface area contributed by atoms with E-state index in [1.54, 1.807) is 12.1 Å². The standard InChI is InChI=1S/C10H6BrNO2S/c11-8-2-1-3-9(12(13)14)10(8)7-4-5-15-6-7/h1-6H. The van der Waals surface area contributed by atoms with E-state index in [0.29, 0.717) is 5.56 Å². The van der Waals surface area contributed by atoms with Crippen molar-refractivity contribution in [1.82, 2.24) is 0 Å². The van der Waals surface area contributed by atoms with Gasteiger partial charge in [0.05, 0.1) is 10.5 Å². The molecule has 0 N–H and O–H groups in total. The van der Waals surface area contributed by atoms with Crippen molar-refractivity contribution >= 4 is 33.0 Å². The second-order valence-corrected chi connectivity index (χ2v) is 4.54. The Hall–Kier alpha value is -1.20. The predicted octanol–water partition coefficient (Wildman–Crippen LogP) is 4.09. The number of halogens is 1. The zero-order chi connectivity index (χ0) is 10.8. The first-order valence-corrected chi connectivity index (χ1v) is 5.89. The first-order chi connectivity index (χ1) is 7.20. The Morgan fingerprint density at radius 3 is 2.73 bits per heavy atom. The smallest absolute Gasteiger partial charge is 0.258 e. The Bertz CT molecular complexity index is 496. The topological polar surface area (TPSA) is 43.1 Å². The van der Waals surface area contributed by atoms with Gasteiger partial charge in [0.15, 0.2) is 0 Å². The fraction of sp³-hybridized carbons (Fsp3) is 0. The van der Waals surface area contributed by atoms with Crippen LogP contribution in [0, 0.1) is 10.1 Å². The minimum absolute atomic E-state index is 0.128. The number of hydrogen-bond acceptors (Lipinski definition) is 3. The molecule has 3 nitrogen and oxygen atoms in total. The van der Waals surface area contributed by atoms with Crippen molar-refractivity contribution < 1.29 is 4.92 Å². The second kappa shape index (κ2) is 4.12. The van der Waals surface area contributed by atoms with Gasteiger partial charge in [0.2, 0.25) is 0 Å². The molecular formula is C10H6BrNO2S. The number of hydrogen-bond donors (Lipinski definition) is 0. The highest BCUT2D eigenvalue weighted by Gasteiger charge is 2.17. The van der Waals surface area contributed by atoms with Gasteiger partial charge < -0.3 is 0 Å². The molecule has 0 radical (unpaired) electrons. The van der Waals surface area contributed by atoms with Gasteiger partial charge in [-0.05, 0) is 38.8 Å². The van der Waals surface area contributed by atoms with E-state index in [9.17, 15) is 10.1 Å². The van der Waals surface area contributed by atoms with Crippen molar-refractivity contribution in [2.24, 2.45) is 0 Å². The van der Waals surface area contributed by atoms with E-state index in [4.69, 9.17) is 0 Å². The van der Waals surface area contributed by atoms with Crippen molar-refractivity contribution in [3.8, 4) is 11.1 Å². The first-order valence-electron chi connectivity index (χ1n) is 4.15. The Labute approximate surface area is 98.6 Å². The first kappa shape index (κ1) is 10.3. The molecule has 1 aromatic carbocycles. The van der Waals surface area contributed by atoms with Crippen LogP contribution in [0.5, 0.6) is 0 Å². The molecule has 76 valence electrons. The molecule has 0 spiro atoms. The largest absolute Gasteiger partial charge is 0.278 e. The van der Waals surface area contributed by atoms with Gasteiger partial charge in [0.1, 0.15) is 0 Å². The van der Waals surface area contributed by atoms with Crippen LogP contribution in [-0.4, -0.2) is 4.92 Å². The van der Waals surface area contributed by atoms with Crippen molar-refractivity contribution in [2.75, 3.05) is 0 Å². The van der Waals surface area contributed by atoms with E-state index in [2.05, 4.69) is 15.9 Å². The van der Waals surface area contributed by atoms with Crippen molar-refractivity contribution in [3.05, 3.63) is 49.6 Å². The molecule has 0 saturated heterocycles. The second-order valence-electron chi connectivity index (χ2n) is 2.90. The van der Waals surface area contributed by atoms with E-state index in [0.717, 1.165) is 10.0 Å². The minimum atomic E-state index is -0.363.